The van der Waals surface area contributed by atoms with Crippen LogP contribution in [-0.2, 0) is 11.3 Å². The SMILES string of the molecule is CNC(=O)CN(Cc1c(Cl)cccc1OC(F)F)C(=O)c1cnc(C(=O)N2CCCC2)[nH]1. The van der Waals surface area contributed by atoms with Crippen LogP contribution < -0.4 is 10.1 Å². The summed E-state index contributed by atoms with van der Waals surface area (Å²) in [6.45, 7) is -2.54. The Balaban J connectivity index is 1.86. The van der Waals surface area contributed by atoms with E-state index in [0.717, 1.165) is 17.7 Å². The van der Waals surface area contributed by atoms with Gasteiger partial charge in [0.05, 0.1) is 12.7 Å². The lowest BCUT2D eigenvalue weighted by atomic mass is 10.1. The van der Waals surface area contributed by atoms with Crippen molar-refractivity contribution in [3.05, 3.63) is 46.5 Å². The van der Waals surface area contributed by atoms with Gasteiger partial charge in [0.25, 0.3) is 11.8 Å². The van der Waals surface area contributed by atoms with E-state index in [0.29, 0.717) is 13.1 Å². The van der Waals surface area contributed by atoms with Gasteiger partial charge in [0.2, 0.25) is 5.91 Å². The zero-order chi connectivity index (χ0) is 23.3. The van der Waals surface area contributed by atoms with Crippen molar-refractivity contribution in [2.45, 2.75) is 26.0 Å². The zero-order valence-corrected chi connectivity index (χ0v) is 18.0. The van der Waals surface area contributed by atoms with Crippen LogP contribution in [0.25, 0.3) is 0 Å². The Hall–Kier alpha value is -3.21. The first-order chi connectivity index (χ1) is 15.3. The van der Waals surface area contributed by atoms with E-state index in [4.69, 9.17) is 11.6 Å². The molecule has 2 N–H and O–H groups in total. The fraction of sp³-hybridized carbons (Fsp3) is 0.400. The molecule has 1 aliphatic heterocycles. The molecule has 0 radical (unpaired) electrons. The van der Waals surface area contributed by atoms with Gasteiger partial charge in [-0.25, -0.2) is 4.98 Å². The standard InChI is InChI=1S/C20H22ClF2N5O4/c1-24-16(29)11-28(10-12-13(21)5-4-6-15(12)32-20(22)23)18(30)14-9-25-17(26-14)19(31)27-7-2-3-8-27/h4-6,9,20H,2-3,7-8,10-11H2,1H3,(H,24,29)(H,25,26). The Morgan fingerprint density at radius 3 is 2.69 bits per heavy atom. The summed E-state index contributed by atoms with van der Waals surface area (Å²) >= 11 is 6.16. The number of amides is 3. The van der Waals surface area contributed by atoms with Crippen molar-refractivity contribution >= 4 is 29.3 Å². The molecule has 12 heteroatoms. The van der Waals surface area contributed by atoms with Gasteiger partial charge in [0.1, 0.15) is 18.0 Å². The second kappa shape index (κ2) is 10.4. The van der Waals surface area contributed by atoms with E-state index >= 15 is 0 Å². The molecule has 0 spiro atoms. The van der Waals surface area contributed by atoms with Crippen LogP contribution in [0.4, 0.5) is 8.78 Å². The second-order valence-corrected chi connectivity index (χ2v) is 7.48. The number of H-pyrrole nitrogens is 1. The lowest BCUT2D eigenvalue weighted by Crippen LogP contribution is -2.39. The summed E-state index contributed by atoms with van der Waals surface area (Å²) in [5, 5.41) is 2.50. The smallest absolute Gasteiger partial charge is 0.387 e. The Morgan fingerprint density at radius 1 is 1.31 bits per heavy atom. The lowest BCUT2D eigenvalue weighted by molar-refractivity contribution is -0.121. The van der Waals surface area contributed by atoms with Gasteiger partial charge >= 0.3 is 6.61 Å². The molecule has 0 unspecified atom stereocenters. The fourth-order valence-electron chi connectivity index (χ4n) is 3.32. The maximum atomic E-state index is 13.1. The molecule has 2 aromatic rings. The number of aromatic nitrogens is 2. The lowest BCUT2D eigenvalue weighted by Gasteiger charge is -2.23. The number of carbonyl (C=O) groups excluding carboxylic acids is 3. The van der Waals surface area contributed by atoms with E-state index in [-0.39, 0.29) is 46.9 Å². The average Bonchev–Trinajstić information content (AvgIpc) is 3.46. The Labute approximate surface area is 187 Å². The normalized spacial score (nSPS) is 13.3. The molecule has 0 aliphatic carbocycles. The highest BCUT2D eigenvalue weighted by Gasteiger charge is 2.27. The molecule has 1 aromatic heterocycles. The van der Waals surface area contributed by atoms with Crippen molar-refractivity contribution in [3.63, 3.8) is 0 Å². The molecule has 172 valence electrons. The number of benzene rings is 1. The third-order valence-corrected chi connectivity index (χ3v) is 5.30. The summed E-state index contributed by atoms with van der Waals surface area (Å²) in [5.74, 6) is -1.68. The molecule has 0 atom stereocenters. The summed E-state index contributed by atoms with van der Waals surface area (Å²) in [6, 6.07) is 4.18. The number of aromatic amines is 1. The number of nitrogens with zero attached hydrogens (tertiary/aromatic N) is 3. The molecule has 1 fully saturated rings. The zero-order valence-electron chi connectivity index (χ0n) is 17.2. The van der Waals surface area contributed by atoms with Crippen molar-refractivity contribution in [1.82, 2.24) is 25.1 Å². The Morgan fingerprint density at radius 2 is 2.03 bits per heavy atom. The van der Waals surface area contributed by atoms with Crippen LogP contribution in [-0.4, -0.2) is 70.8 Å². The molecule has 9 nitrogen and oxygen atoms in total. The van der Waals surface area contributed by atoms with E-state index in [1.54, 1.807) is 4.90 Å². The molecular weight excluding hydrogens is 448 g/mol. The molecule has 1 saturated heterocycles. The third kappa shape index (κ3) is 5.52. The maximum Gasteiger partial charge on any atom is 0.387 e. The number of likely N-dealkylation sites (N-methyl/N-ethyl adjacent to an activating group) is 1. The highest BCUT2D eigenvalue weighted by molar-refractivity contribution is 6.31. The number of carbonyl (C=O) groups is 3. The van der Waals surface area contributed by atoms with Crippen LogP contribution in [0, 0.1) is 0 Å². The van der Waals surface area contributed by atoms with Crippen LogP contribution in [0.15, 0.2) is 24.4 Å². The Kier molecular flexibility index (Phi) is 7.62. The van der Waals surface area contributed by atoms with Gasteiger partial charge in [0.15, 0.2) is 5.82 Å². The van der Waals surface area contributed by atoms with E-state index in [1.807, 2.05) is 0 Å². The minimum Gasteiger partial charge on any atom is -0.434 e. The van der Waals surface area contributed by atoms with Gasteiger partial charge in [-0.3, -0.25) is 14.4 Å². The summed E-state index contributed by atoms with van der Waals surface area (Å²) < 4.78 is 30.1. The molecule has 3 rings (SSSR count). The number of ether oxygens (including phenoxy) is 1. The predicted molar refractivity (Wildman–Crippen MR) is 111 cm³/mol. The molecule has 32 heavy (non-hydrogen) atoms. The van der Waals surface area contributed by atoms with Gasteiger partial charge in [-0.15, -0.1) is 0 Å². The summed E-state index contributed by atoms with van der Waals surface area (Å²) in [7, 11) is 1.40. The molecule has 1 aromatic carbocycles. The van der Waals surface area contributed by atoms with Crippen molar-refractivity contribution in [1.29, 1.82) is 0 Å². The van der Waals surface area contributed by atoms with Gasteiger partial charge < -0.3 is 24.8 Å². The maximum absolute atomic E-state index is 13.1. The number of rotatable bonds is 8. The minimum atomic E-state index is -3.10. The van der Waals surface area contributed by atoms with Crippen LogP contribution in [0.1, 0.15) is 39.5 Å². The number of halogens is 3. The van der Waals surface area contributed by atoms with Crippen LogP contribution in [0.2, 0.25) is 5.02 Å². The minimum absolute atomic E-state index is 0.00890. The molecule has 3 amide bonds. The van der Waals surface area contributed by atoms with E-state index in [2.05, 4.69) is 20.0 Å². The third-order valence-electron chi connectivity index (χ3n) is 4.94. The number of alkyl halides is 2. The highest BCUT2D eigenvalue weighted by Crippen LogP contribution is 2.29. The van der Waals surface area contributed by atoms with Crippen molar-refractivity contribution in [2.75, 3.05) is 26.7 Å². The quantitative estimate of drug-likeness (QED) is 0.616. The van der Waals surface area contributed by atoms with Crippen LogP contribution >= 0.6 is 11.6 Å². The summed E-state index contributed by atoms with van der Waals surface area (Å²) in [4.78, 5) is 47.1. The molecule has 0 bridgehead atoms. The van der Waals surface area contributed by atoms with Gasteiger partial charge in [-0.05, 0) is 25.0 Å². The first-order valence-electron chi connectivity index (χ1n) is 9.86. The van der Waals surface area contributed by atoms with Gasteiger partial charge in [-0.2, -0.15) is 8.78 Å². The number of imidazole rings is 1. The fourth-order valence-corrected chi connectivity index (χ4v) is 3.55. The van der Waals surface area contributed by atoms with E-state index in [1.165, 1.54) is 31.4 Å². The topological polar surface area (TPSA) is 108 Å². The monoisotopic (exact) mass is 469 g/mol. The van der Waals surface area contributed by atoms with Crippen molar-refractivity contribution in [3.8, 4) is 5.75 Å². The largest absolute Gasteiger partial charge is 0.434 e. The summed E-state index contributed by atoms with van der Waals surface area (Å²) in [5.41, 5.74) is 0.0828. The van der Waals surface area contributed by atoms with Gasteiger partial charge in [-0.1, -0.05) is 17.7 Å². The predicted octanol–water partition coefficient (Wildman–Crippen LogP) is 2.29. The number of hydrogen-bond acceptors (Lipinski definition) is 5. The second-order valence-electron chi connectivity index (χ2n) is 7.07. The average molecular weight is 470 g/mol. The van der Waals surface area contributed by atoms with Crippen molar-refractivity contribution < 1.29 is 27.9 Å². The first kappa shape index (κ1) is 23.5. The first-order valence-corrected chi connectivity index (χ1v) is 10.2. The van der Waals surface area contributed by atoms with E-state index < -0.39 is 18.4 Å². The van der Waals surface area contributed by atoms with Crippen LogP contribution in [0.3, 0.4) is 0 Å². The Bertz CT molecular complexity index is 994. The molecule has 2 heterocycles. The number of nitrogens with one attached hydrogen (secondary N) is 2. The molecular formula is C20H22ClF2N5O4. The number of hydrogen-bond donors (Lipinski definition) is 2. The van der Waals surface area contributed by atoms with Crippen LogP contribution in [0.5, 0.6) is 5.75 Å². The van der Waals surface area contributed by atoms with Crippen molar-refractivity contribution in [2.24, 2.45) is 0 Å². The van der Waals surface area contributed by atoms with E-state index in [9.17, 15) is 23.2 Å². The van der Waals surface area contributed by atoms with Gasteiger partial charge in [0, 0.05) is 30.7 Å². The summed E-state index contributed by atoms with van der Waals surface area (Å²) in [6.07, 6.45) is 3.00. The molecule has 0 saturated carbocycles. The highest BCUT2D eigenvalue weighted by atomic mass is 35.5. The molecule has 1 aliphatic rings. The number of likely N-dealkylation sites (tertiary alicyclic amines) is 1.